The molecule has 71 heavy (non-hydrogen) atoms. The molecule has 0 saturated heterocycles. The van der Waals surface area contributed by atoms with Gasteiger partial charge in [-0.3, -0.25) is 14.2 Å². The van der Waals surface area contributed by atoms with E-state index < -0.39 is 26.6 Å². The first-order valence-corrected chi connectivity index (χ1v) is 31.1. The smallest absolute Gasteiger partial charge is 0.306 e. The summed E-state index contributed by atoms with van der Waals surface area (Å²) >= 11 is 0. The van der Waals surface area contributed by atoms with Crippen LogP contribution in [0, 0.1) is 0 Å². The van der Waals surface area contributed by atoms with Gasteiger partial charge in [-0.25, -0.2) is 0 Å². The highest BCUT2D eigenvalue weighted by Gasteiger charge is 2.27. The van der Waals surface area contributed by atoms with Crippen molar-refractivity contribution in [2.24, 2.45) is 0 Å². The fraction of sp³-hybridized carbons (Fsp3) is 0.803. The Labute approximate surface area is 439 Å². The maximum absolute atomic E-state index is 13.5. The van der Waals surface area contributed by atoms with E-state index in [1.165, 1.54) is 161 Å². The van der Waals surface area contributed by atoms with Crippen molar-refractivity contribution in [3.8, 4) is 0 Å². The lowest BCUT2D eigenvalue weighted by molar-refractivity contribution is -0.870. The molecule has 0 fully saturated rings. The van der Waals surface area contributed by atoms with Crippen molar-refractivity contribution < 1.29 is 37.3 Å². The predicted molar refractivity (Wildman–Crippen MR) is 302 cm³/mol. The summed E-state index contributed by atoms with van der Waals surface area (Å²) in [6, 6.07) is -0.915. The van der Waals surface area contributed by atoms with E-state index in [2.05, 4.69) is 74.7 Å². The molecule has 1 N–H and O–H groups in total. The molecule has 0 heterocycles. The van der Waals surface area contributed by atoms with Crippen molar-refractivity contribution in [2.45, 2.75) is 277 Å². The van der Waals surface area contributed by atoms with Gasteiger partial charge in [-0.15, -0.1) is 0 Å². The molecule has 0 aromatic carbocycles. The van der Waals surface area contributed by atoms with E-state index in [0.29, 0.717) is 17.4 Å². The Balaban J connectivity index is 5.36. The summed E-state index contributed by atoms with van der Waals surface area (Å²) in [4.78, 5) is 39.8. The number of phosphoric ester groups is 1. The van der Waals surface area contributed by atoms with Crippen LogP contribution in [0.4, 0.5) is 0 Å². The first kappa shape index (κ1) is 68.7. The first-order valence-electron chi connectivity index (χ1n) is 29.6. The Hall–Kier alpha value is -2.29. The summed E-state index contributed by atoms with van der Waals surface area (Å²) in [5.74, 6) is -0.601. The van der Waals surface area contributed by atoms with Gasteiger partial charge in [-0.2, -0.15) is 0 Å². The number of rotatable bonds is 53. The molecule has 0 aromatic rings. The predicted octanol–water partition coefficient (Wildman–Crippen LogP) is 17.3. The summed E-state index contributed by atoms with van der Waals surface area (Å²) in [5.41, 5.74) is 0. The summed E-state index contributed by atoms with van der Waals surface area (Å²) < 4.78 is 30.2. The fourth-order valence-corrected chi connectivity index (χ4v) is 9.06. The van der Waals surface area contributed by atoms with Crippen LogP contribution in [0.3, 0.4) is 0 Å². The second-order valence-corrected chi connectivity index (χ2v) is 22.6. The van der Waals surface area contributed by atoms with Gasteiger partial charge in [0.1, 0.15) is 19.3 Å². The van der Waals surface area contributed by atoms with E-state index in [-0.39, 0.29) is 31.3 Å². The molecule has 1 amide bonds. The van der Waals surface area contributed by atoms with Gasteiger partial charge in [0, 0.05) is 12.8 Å². The second kappa shape index (κ2) is 51.2. The number of nitrogens with zero attached hydrogens (tertiary/aromatic N) is 1. The van der Waals surface area contributed by atoms with E-state index in [9.17, 15) is 19.0 Å². The van der Waals surface area contributed by atoms with Gasteiger partial charge in [-0.05, 0) is 70.3 Å². The zero-order valence-electron chi connectivity index (χ0n) is 47.2. The zero-order valence-corrected chi connectivity index (χ0v) is 48.1. The van der Waals surface area contributed by atoms with Gasteiger partial charge >= 0.3 is 5.97 Å². The summed E-state index contributed by atoms with van der Waals surface area (Å²) in [6.07, 6.45) is 63.4. The van der Waals surface area contributed by atoms with Crippen molar-refractivity contribution in [2.75, 3.05) is 40.9 Å². The van der Waals surface area contributed by atoms with E-state index in [4.69, 9.17) is 13.8 Å². The molecule has 3 atom stereocenters. The molecule has 0 radical (unpaired) electrons. The number of hydrogen-bond acceptors (Lipinski definition) is 7. The van der Waals surface area contributed by atoms with Crippen molar-refractivity contribution in [3.63, 3.8) is 0 Å². The van der Waals surface area contributed by atoms with Crippen LogP contribution in [-0.4, -0.2) is 69.4 Å². The number of amides is 1. The van der Waals surface area contributed by atoms with Crippen LogP contribution in [0.5, 0.6) is 0 Å². The topological polar surface area (TPSA) is 114 Å². The number of allylic oxidation sites excluding steroid dienone is 9. The number of esters is 1. The highest BCUT2D eigenvalue weighted by Crippen LogP contribution is 2.38. The van der Waals surface area contributed by atoms with Crippen molar-refractivity contribution >= 4 is 19.7 Å². The van der Waals surface area contributed by atoms with Gasteiger partial charge < -0.3 is 28.5 Å². The van der Waals surface area contributed by atoms with Crippen LogP contribution in [0.1, 0.15) is 265 Å². The first-order chi connectivity index (χ1) is 34.4. The Kier molecular flexibility index (Phi) is 49.6. The molecule has 414 valence electrons. The Morgan fingerprint density at radius 2 is 0.873 bits per heavy atom. The van der Waals surface area contributed by atoms with Crippen molar-refractivity contribution in [1.29, 1.82) is 0 Å². The zero-order chi connectivity index (χ0) is 52.2. The van der Waals surface area contributed by atoms with E-state index in [0.717, 1.165) is 64.2 Å². The lowest BCUT2D eigenvalue weighted by Gasteiger charge is -2.30. The standard InChI is InChI=1S/C61H113N2O7P/c1-7-10-13-16-19-22-25-27-29-31-33-35-38-41-44-47-50-53-60(64)62-58(57-69-71(66,67)68-56-55-63(4,5)6)59(52-49-46-43-40-37-24-21-18-15-12-9-3)70-61(65)54-51-48-45-42-39-36-34-32-30-28-26-23-20-17-14-11-8-2/h19,22,27,29,33,35,41,44,49,52,58-59H,7-18,20-21,23-26,28,30-32,34,36-40,42-43,45-48,50-51,53-57H2,1-6H3,(H-,62,64,66,67)/b22-19-,29-27-,35-33-,44-41-,52-49+. The van der Waals surface area contributed by atoms with Gasteiger partial charge in [0.25, 0.3) is 7.82 Å². The molecule has 3 unspecified atom stereocenters. The van der Waals surface area contributed by atoms with Gasteiger partial charge in [0.2, 0.25) is 5.91 Å². The third kappa shape index (κ3) is 52.4. The lowest BCUT2D eigenvalue weighted by atomic mass is 10.0. The van der Waals surface area contributed by atoms with E-state index >= 15 is 0 Å². The molecule has 0 rings (SSSR count). The molecule has 0 bridgehead atoms. The van der Waals surface area contributed by atoms with Crippen LogP contribution in [0.25, 0.3) is 0 Å². The van der Waals surface area contributed by atoms with E-state index in [1.54, 1.807) is 0 Å². The van der Waals surface area contributed by atoms with Gasteiger partial charge in [0.15, 0.2) is 0 Å². The normalized spacial score (nSPS) is 14.2. The lowest BCUT2D eigenvalue weighted by Crippen LogP contribution is -2.47. The average molecular weight is 1020 g/mol. The third-order valence-electron chi connectivity index (χ3n) is 13.0. The maximum Gasteiger partial charge on any atom is 0.306 e. The molecule has 0 aliphatic carbocycles. The quantitative estimate of drug-likeness (QED) is 0.0212. The molecule has 0 aromatic heterocycles. The Morgan fingerprint density at radius 1 is 0.493 bits per heavy atom. The average Bonchev–Trinajstić information content (AvgIpc) is 3.33. The molecular weight excluding hydrogens is 904 g/mol. The van der Waals surface area contributed by atoms with Gasteiger partial charge in [0.05, 0.1) is 33.8 Å². The number of hydrogen-bond donors (Lipinski definition) is 1. The van der Waals surface area contributed by atoms with Crippen LogP contribution >= 0.6 is 7.82 Å². The number of nitrogens with one attached hydrogen (secondary N) is 1. The van der Waals surface area contributed by atoms with Crippen LogP contribution in [0.2, 0.25) is 0 Å². The molecule has 0 saturated carbocycles. The number of unbranched alkanes of at least 4 members (excludes halogenated alkanes) is 29. The molecular formula is C61H113N2O7P. The molecule has 10 heteroatoms. The Bertz CT molecular complexity index is 1400. The summed E-state index contributed by atoms with van der Waals surface area (Å²) in [5, 5.41) is 2.99. The maximum atomic E-state index is 13.5. The number of phosphoric acid groups is 1. The molecule has 0 aliphatic rings. The minimum atomic E-state index is -4.71. The number of carbonyl (C=O) groups is 2. The molecule has 9 nitrogen and oxygen atoms in total. The Morgan fingerprint density at radius 3 is 1.34 bits per heavy atom. The number of ether oxygens (including phenoxy) is 1. The van der Waals surface area contributed by atoms with Crippen molar-refractivity contribution in [1.82, 2.24) is 5.32 Å². The summed E-state index contributed by atoms with van der Waals surface area (Å²) in [7, 11) is 1.15. The molecule has 0 spiro atoms. The summed E-state index contributed by atoms with van der Waals surface area (Å²) in [6.45, 7) is 6.78. The highest BCUT2D eigenvalue weighted by atomic mass is 31.2. The fourth-order valence-electron chi connectivity index (χ4n) is 8.34. The number of likely N-dealkylation sites (N-methyl/N-ethyl adjacent to an activating group) is 1. The van der Waals surface area contributed by atoms with Gasteiger partial charge in [-0.1, -0.05) is 242 Å². The monoisotopic (exact) mass is 1020 g/mol. The second-order valence-electron chi connectivity index (χ2n) is 21.2. The largest absolute Gasteiger partial charge is 0.756 e. The molecule has 0 aliphatic heterocycles. The third-order valence-corrected chi connectivity index (χ3v) is 13.9. The highest BCUT2D eigenvalue weighted by molar-refractivity contribution is 7.45. The number of quaternary nitrogens is 1. The van der Waals surface area contributed by atoms with Crippen LogP contribution in [0.15, 0.2) is 60.8 Å². The number of carbonyl (C=O) groups excluding carboxylic acids is 2. The van der Waals surface area contributed by atoms with Crippen LogP contribution < -0.4 is 10.2 Å². The SMILES string of the molecule is CCCCC/C=C\C/C=C\C/C=C\C/C=C\CCCC(=O)NC(COP(=O)([O-])OCC[N+](C)(C)C)C(/C=C/CCCCCCCCCCC)OC(=O)CCCCCCCCCCCCCCCCCCC. The van der Waals surface area contributed by atoms with Crippen molar-refractivity contribution in [3.05, 3.63) is 60.8 Å². The van der Waals surface area contributed by atoms with Crippen LogP contribution in [-0.2, 0) is 27.9 Å². The minimum Gasteiger partial charge on any atom is -0.756 e. The minimum absolute atomic E-state index is 0.0325. The van der Waals surface area contributed by atoms with E-state index in [1.807, 2.05) is 33.3 Å².